The predicted molar refractivity (Wildman–Crippen MR) is 79.6 cm³/mol. The van der Waals surface area contributed by atoms with Crippen molar-refractivity contribution in [2.24, 2.45) is 0 Å². The number of aromatic nitrogens is 2. The number of thiazole rings is 2. The lowest BCUT2D eigenvalue weighted by molar-refractivity contribution is 0.111. The van der Waals surface area contributed by atoms with Gasteiger partial charge in [0.25, 0.3) is 0 Å². The molecule has 0 saturated carbocycles. The van der Waals surface area contributed by atoms with Crippen LogP contribution in [0.3, 0.4) is 0 Å². The van der Waals surface area contributed by atoms with Gasteiger partial charge < -0.3 is 10.5 Å². The van der Waals surface area contributed by atoms with Crippen LogP contribution in [0, 0.1) is 0 Å². The minimum atomic E-state index is 0.185. The molecule has 102 valence electrons. The Bertz CT molecular complexity index is 558. The molecule has 0 radical (unpaired) electrons. The SMILES string of the molecule is CCCc1nc(C2CCCO2)sc1-c1csc(N)n1. The average molecular weight is 295 g/mol. The fraction of sp³-hybridized carbons (Fsp3) is 0.538. The Morgan fingerprint density at radius 3 is 3.00 bits per heavy atom. The van der Waals surface area contributed by atoms with E-state index in [2.05, 4.69) is 11.9 Å². The van der Waals surface area contributed by atoms with E-state index in [1.165, 1.54) is 16.2 Å². The molecule has 1 fully saturated rings. The first kappa shape index (κ1) is 13.0. The van der Waals surface area contributed by atoms with Crippen LogP contribution in [0.25, 0.3) is 10.6 Å². The fourth-order valence-electron chi connectivity index (χ4n) is 2.28. The number of anilines is 1. The summed E-state index contributed by atoms with van der Waals surface area (Å²) in [5.41, 5.74) is 7.84. The van der Waals surface area contributed by atoms with Gasteiger partial charge in [0.15, 0.2) is 5.13 Å². The largest absolute Gasteiger partial charge is 0.375 e. The Hall–Kier alpha value is -0.980. The normalized spacial score (nSPS) is 19.1. The lowest BCUT2D eigenvalue weighted by Gasteiger charge is -2.03. The number of nitrogens with two attached hydrogens (primary N) is 1. The number of aryl methyl sites for hydroxylation is 1. The van der Waals surface area contributed by atoms with Crippen molar-refractivity contribution in [3.05, 3.63) is 16.1 Å². The van der Waals surface area contributed by atoms with E-state index in [4.69, 9.17) is 15.5 Å². The number of nitrogen functional groups attached to an aromatic ring is 1. The van der Waals surface area contributed by atoms with E-state index in [0.717, 1.165) is 48.7 Å². The van der Waals surface area contributed by atoms with Gasteiger partial charge >= 0.3 is 0 Å². The number of nitrogens with zero attached hydrogens (tertiary/aromatic N) is 2. The lowest BCUT2D eigenvalue weighted by atomic mass is 10.2. The van der Waals surface area contributed by atoms with E-state index in [-0.39, 0.29) is 6.10 Å². The monoisotopic (exact) mass is 295 g/mol. The molecule has 0 bridgehead atoms. The highest BCUT2D eigenvalue weighted by atomic mass is 32.1. The molecule has 0 aromatic carbocycles. The summed E-state index contributed by atoms with van der Waals surface area (Å²) in [6, 6.07) is 0. The van der Waals surface area contributed by atoms with Gasteiger partial charge in [0.2, 0.25) is 0 Å². The van der Waals surface area contributed by atoms with Gasteiger partial charge in [0.1, 0.15) is 11.1 Å². The molecule has 2 aromatic heterocycles. The standard InChI is InChI=1S/C13H17N3OS2/c1-2-4-8-11(9-7-18-13(14)16-9)19-12(15-8)10-5-3-6-17-10/h7,10H,2-6H2,1H3,(H2,14,16). The quantitative estimate of drug-likeness (QED) is 0.935. The second-order valence-corrected chi connectivity index (χ2v) is 6.57. The maximum Gasteiger partial charge on any atom is 0.180 e. The minimum absolute atomic E-state index is 0.185. The van der Waals surface area contributed by atoms with E-state index in [9.17, 15) is 0 Å². The molecule has 19 heavy (non-hydrogen) atoms. The highest BCUT2D eigenvalue weighted by Gasteiger charge is 2.24. The van der Waals surface area contributed by atoms with E-state index >= 15 is 0 Å². The van der Waals surface area contributed by atoms with Crippen LogP contribution in [0.2, 0.25) is 0 Å². The second-order valence-electron chi connectivity index (χ2n) is 4.65. The summed E-state index contributed by atoms with van der Waals surface area (Å²) in [6.45, 7) is 3.02. The van der Waals surface area contributed by atoms with Crippen LogP contribution in [0.5, 0.6) is 0 Å². The molecule has 3 rings (SSSR count). The van der Waals surface area contributed by atoms with Gasteiger partial charge in [-0.1, -0.05) is 13.3 Å². The minimum Gasteiger partial charge on any atom is -0.375 e. The Morgan fingerprint density at radius 1 is 1.47 bits per heavy atom. The first-order chi connectivity index (χ1) is 9.28. The van der Waals surface area contributed by atoms with Gasteiger partial charge in [-0.25, -0.2) is 9.97 Å². The molecule has 2 aromatic rings. The highest BCUT2D eigenvalue weighted by molar-refractivity contribution is 7.16. The first-order valence-electron chi connectivity index (χ1n) is 6.60. The van der Waals surface area contributed by atoms with E-state index in [1.54, 1.807) is 11.3 Å². The smallest absolute Gasteiger partial charge is 0.180 e. The molecule has 3 heterocycles. The number of ether oxygens (including phenoxy) is 1. The Labute approximate surface area is 120 Å². The molecule has 6 heteroatoms. The summed E-state index contributed by atoms with van der Waals surface area (Å²) in [7, 11) is 0. The molecule has 1 unspecified atom stereocenters. The summed E-state index contributed by atoms with van der Waals surface area (Å²) in [5.74, 6) is 0. The van der Waals surface area contributed by atoms with Crippen molar-refractivity contribution in [3.8, 4) is 10.6 Å². The molecule has 1 saturated heterocycles. The molecule has 0 spiro atoms. The van der Waals surface area contributed by atoms with Crippen LogP contribution >= 0.6 is 22.7 Å². The Morgan fingerprint density at radius 2 is 2.37 bits per heavy atom. The van der Waals surface area contributed by atoms with Gasteiger partial charge in [0, 0.05) is 12.0 Å². The maximum absolute atomic E-state index is 5.74. The van der Waals surface area contributed by atoms with Crippen LogP contribution < -0.4 is 5.73 Å². The number of hydrogen-bond acceptors (Lipinski definition) is 6. The predicted octanol–water partition coefficient (Wildman–Crippen LogP) is 3.65. The van der Waals surface area contributed by atoms with E-state index < -0.39 is 0 Å². The van der Waals surface area contributed by atoms with Crippen LogP contribution in [-0.4, -0.2) is 16.6 Å². The number of hydrogen-bond donors (Lipinski definition) is 1. The van der Waals surface area contributed by atoms with Gasteiger partial charge in [-0.3, -0.25) is 0 Å². The Balaban J connectivity index is 1.96. The molecule has 4 nitrogen and oxygen atoms in total. The third-order valence-corrected chi connectivity index (χ3v) is 5.05. The zero-order valence-electron chi connectivity index (χ0n) is 10.9. The summed E-state index contributed by atoms with van der Waals surface area (Å²) < 4.78 is 5.73. The van der Waals surface area contributed by atoms with Crippen LogP contribution in [-0.2, 0) is 11.2 Å². The Kier molecular flexibility index (Phi) is 3.81. The lowest BCUT2D eigenvalue weighted by Crippen LogP contribution is -1.95. The highest BCUT2D eigenvalue weighted by Crippen LogP contribution is 2.38. The molecule has 2 N–H and O–H groups in total. The third kappa shape index (κ3) is 2.66. The van der Waals surface area contributed by atoms with Crippen molar-refractivity contribution < 1.29 is 4.74 Å². The molecule has 0 aliphatic carbocycles. The van der Waals surface area contributed by atoms with Crippen molar-refractivity contribution in [2.75, 3.05) is 12.3 Å². The zero-order valence-corrected chi connectivity index (χ0v) is 12.5. The topological polar surface area (TPSA) is 61.0 Å². The van der Waals surface area contributed by atoms with Crippen molar-refractivity contribution in [3.63, 3.8) is 0 Å². The molecular weight excluding hydrogens is 278 g/mol. The van der Waals surface area contributed by atoms with Crippen LogP contribution in [0.4, 0.5) is 5.13 Å². The van der Waals surface area contributed by atoms with E-state index in [1.807, 2.05) is 5.38 Å². The van der Waals surface area contributed by atoms with Crippen LogP contribution in [0.1, 0.15) is 43.0 Å². The van der Waals surface area contributed by atoms with Gasteiger partial charge in [-0.05, 0) is 19.3 Å². The van der Waals surface area contributed by atoms with Gasteiger partial charge in [-0.15, -0.1) is 22.7 Å². The summed E-state index contributed by atoms with van der Waals surface area (Å²) in [5, 5.41) is 3.73. The number of rotatable bonds is 4. The van der Waals surface area contributed by atoms with Gasteiger partial charge in [-0.2, -0.15) is 0 Å². The van der Waals surface area contributed by atoms with Crippen molar-refractivity contribution in [1.82, 2.24) is 9.97 Å². The molecule has 1 aliphatic rings. The third-order valence-electron chi connectivity index (χ3n) is 3.16. The van der Waals surface area contributed by atoms with Crippen molar-refractivity contribution in [2.45, 2.75) is 38.7 Å². The van der Waals surface area contributed by atoms with Crippen LogP contribution in [0.15, 0.2) is 5.38 Å². The summed E-state index contributed by atoms with van der Waals surface area (Å²) in [6.07, 6.45) is 4.46. The molecule has 1 aliphatic heterocycles. The molecular formula is C13H17N3OS2. The second kappa shape index (κ2) is 5.56. The summed E-state index contributed by atoms with van der Waals surface area (Å²) in [4.78, 5) is 10.3. The first-order valence-corrected chi connectivity index (χ1v) is 8.30. The molecule has 1 atom stereocenters. The average Bonchev–Trinajstić information content (AvgIpc) is 3.08. The van der Waals surface area contributed by atoms with E-state index in [0.29, 0.717) is 5.13 Å². The molecule has 0 amide bonds. The van der Waals surface area contributed by atoms with Crippen molar-refractivity contribution >= 4 is 27.8 Å². The zero-order chi connectivity index (χ0) is 13.2. The van der Waals surface area contributed by atoms with Crippen molar-refractivity contribution in [1.29, 1.82) is 0 Å². The van der Waals surface area contributed by atoms with Gasteiger partial charge in [0.05, 0.1) is 16.3 Å². The fourth-order valence-corrected chi connectivity index (χ4v) is 4.06. The maximum atomic E-state index is 5.74. The summed E-state index contributed by atoms with van der Waals surface area (Å²) >= 11 is 3.20.